The van der Waals surface area contributed by atoms with E-state index in [0.29, 0.717) is 5.75 Å². The van der Waals surface area contributed by atoms with Crippen LogP contribution in [0.3, 0.4) is 0 Å². The van der Waals surface area contributed by atoms with E-state index in [1.165, 1.54) is 0 Å². The molecule has 0 saturated carbocycles. The molecule has 0 heterocycles. The summed E-state index contributed by atoms with van der Waals surface area (Å²) in [5.41, 5.74) is 3.63. The van der Waals surface area contributed by atoms with Gasteiger partial charge in [0.1, 0.15) is 5.75 Å². The van der Waals surface area contributed by atoms with Crippen LogP contribution in [0, 0.1) is 6.92 Å². The van der Waals surface area contributed by atoms with Crippen LogP contribution in [0.1, 0.15) is 37.5 Å². The molecular weight excluding hydrogens is 246 g/mol. The van der Waals surface area contributed by atoms with E-state index in [2.05, 4.69) is 25.8 Å². The smallest absolute Gasteiger partial charge is 0.128 e. The van der Waals surface area contributed by atoms with Crippen molar-refractivity contribution in [2.45, 2.75) is 33.1 Å². The maximum atomic E-state index is 10.4. The molecule has 20 heavy (non-hydrogen) atoms. The zero-order valence-corrected chi connectivity index (χ0v) is 12.5. The number of phenols is 1. The quantitative estimate of drug-likeness (QED) is 0.782. The summed E-state index contributed by atoms with van der Waals surface area (Å²) in [5, 5.41) is 10.4. The number of nitrogens with zero attached hydrogens (tertiary/aromatic N) is 1. The standard InChI is InChI=1S/C18H21NO/c1-13-10-14(12-19-15-8-6-5-7-9-15)17(20)16(11-13)18(2,3)4/h5-12,20H,1-4H3. The molecule has 0 aliphatic rings. The Morgan fingerprint density at radius 3 is 2.30 bits per heavy atom. The third-order valence-corrected chi connectivity index (χ3v) is 3.20. The van der Waals surface area contributed by atoms with Crippen molar-refractivity contribution in [1.82, 2.24) is 0 Å². The fourth-order valence-electron chi connectivity index (χ4n) is 2.14. The van der Waals surface area contributed by atoms with Gasteiger partial charge in [-0.3, -0.25) is 4.99 Å². The first kappa shape index (κ1) is 14.3. The summed E-state index contributed by atoms with van der Waals surface area (Å²) in [4.78, 5) is 4.42. The third kappa shape index (κ3) is 3.27. The summed E-state index contributed by atoms with van der Waals surface area (Å²) in [7, 11) is 0. The van der Waals surface area contributed by atoms with Gasteiger partial charge < -0.3 is 5.11 Å². The topological polar surface area (TPSA) is 32.6 Å². The first-order chi connectivity index (χ1) is 9.38. The summed E-state index contributed by atoms with van der Waals surface area (Å²) in [6.45, 7) is 8.33. The van der Waals surface area contributed by atoms with Gasteiger partial charge in [0, 0.05) is 17.3 Å². The summed E-state index contributed by atoms with van der Waals surface area (Å²) in [6.07, 6.45) is 1.73. The number of hydrogen-bond donors (Lipinski definition) is 1. The van der Waals surface area contributed by atoms with Crippen molar-refractivity contribution < 1.29 is 5.11 Å². The maximum Gasteiger partial charge on any atom is 0.128 e. The summed E-state index contributed by atoms with van der Waals surface area (Å²) in [5.74, 6) is 0.322. The summed E-state index contributed by atoms with van der Waals surface area (Å²) < 4.78 is 0. The van der Waals surface area contributed by atoms with Gasteiger partial charge in [-0.25, -0.2) is 0 Å². The molecule has 2 aromatic carbocycles. The number of hydrogen-bond acceptors (Lipinski definition) is 2. The van der Waals surface area contributed by atoms with Crippen LogP contribution in [0.15, 0.2) is 47.5 Å². The van der Waals surface area contributed by atoms with Crippen LogP contribution in [0.4, 0.5) is 5.69 Å². The average Bonchev–Trinajstić information content (AvgIpc) is 2.39. The van der Waals surface area contributed by atoms with Gasteiger partial charge in [-0.1, -0.05) is 45.0 Å². The van der Waals surface area contributed by atoms with Crippen LogP contribution in [-0.2, 0) is 5.41 Å². The lowest BCUT2D eigenvalue weighted by atomic mass is 9.84. The Bertz CT molecular complexity index is 622. The fraction of sp³-hybridized carbons (Fsp3) is 0.278. The Labute approximate surface area is 120 Å². The molecule has 0 radical (unpaired) electrons. The molecule has 0 unspecified atom stereocenters. The fourth-order valence-corrected chi connectivity index (χ4v) is 2.14. The van der Waals surface area contributed by atoms with Crippen LogP contribution in [0.25, 0.3) is 0 Å². The maximum absolute atomic E-state index is 10.4. The summed E-state index contributed by atoms with van der Waals surface area (Å²) >= 11 is 0. The largest absolute Gasteiger partial charge is 0.507 e. The lowest BCUT2D eigenvalue weighted by Gasteiger charge is -2.22. The average molecular weight is 267 g/mol. The van der Waals surface area contributed by atoms with Crippen molar-refractivity contribution in [3.8, 4) is 5.75 Å². The van der Waals surface area contributed by atoms with Crippen molar-refractivity contribution in [2.75, 3.05) is 0 Å². The first-order valence-electron chi connectivity index (χ1n) is 6.81. The number of aryl methyl sites for hydroxylation is 1. The highest BCUT2D eigenvalue weighted by atomic mass is 16.3. The molecule has 0 aliphatic carbocycles. The molecule has 2 aromatic rings. The molecule has 104 valence electrons. The Hall–Kier alpha value is -2.09. The minimum absolute atomic E-state index is 0.0918. The van der Waals surface area contributed by atoms with E-state index < -0.39 is 0 Å². The van der Waals surface area contributed by atoms with Crippen LogP contribution in [0.5, 0.6) is 5.75 Å². The van der Waals surface area contributed by atoms with Crippen molar-refractivity contribution in [2.24, 2.45) is 4.99 Å². The predicted octanol–water partition coefficient (Wildman–Crippen LogP) is 4.75. The number of aliphatic imine (C=N–C) groups is 1. The SMILES string of the molecule is Cc1cc(C=Nc2ccccc2)c(O)c(C(C)(C)C)c1. The van der Waals surface area contributed by atoms with Crippen LogP contribution >= 0.6 is 0 Å². The number of aromatic hydroxyl groups is 1. The molecule has 0 atom stereocenters. The monoisotopic (exact) mass is 267 g/mol. The van der Waals surface area contributed by atoms with E-state index in [4.69, 9.17) is 0 Å². The molecule has 1 N–H and O–H groups in total. The van der Waals surface area contributed by atoms with E-state index in [-0.39, 0.29) is 5.41 Å². The van der Waals surface area contributed by atoms with Crippen molar-refractivity contribution in [3.05, 3.63) is 59.2 Å². The van der Waals surface area contributed by atoms with Gasteiger partial charge in [0.25, 0.3) is 0 Å². The molecule has 2 rings (SSSR count). The van der Waals surface area contributed by atoms with Gasteiger partial charge in [0.2, 0.25) is 0 Å². The van der Waals surface area contributed by atoms with Crippen LogP contribution < -0.4 is 0 Å². The second-order valence-corrected chi connectivity index (χ2v) is 6.09. The summed E-state index contributed by atoms with van der Waals surface area (Å²) in [6, 6.07) is 13.7. The molecular formula is C18H21NO. The van der Waals surface area contributed by atoms with Crippen LogP contribution in [-0.4, -0.2) is 11.3 Å². The van der Waals surface area contributed by atoms with Gasteiger partial charge in [0.05, 0.1) is 5.69 Å². The van der Waals surface area contributed by atoms with Gasteiger partial charge in [-0.2, -0.15) is 0 Å². The van der Waals surface area contributed by atoms with Crippen molar-refractivity contribution in [3.63, 3.8) is 0 Å². The van der Waals surface area contributed by atoms with Crippen molar-refractivity contribution in [1.29, 1.82) is 0 Å². The zero-order chi connectivity index (χ0) is 14.8. The van der Waals surface area contributed by atoms with Crippen molar-refractivity contribution >= 4 is 11.9 Å². The highest BCUT2D eigenvalue weighted by molar-refractivity contribution is 5.86. The molecule has 2 nitrogen and oxygen atoms in total. The Morgan fingerprint density at radius 2 is 1.70 bits per heavy atom. The molecule has 0 aliphatic heterocycles. The number of phenolic OH excluding ortho intramolecular Hbond substituents is 1. The molecule has 0 aromatic heterocycles. The lowest BCUT2D eigenvalue weighted by molar-refractivity contribution is 0.445. The Morgan fingerprint density at radius 1 is 1.05 bits per heavy atom. The van der Waals surface area contributed by atoms with Gasteiger partial charge in [-0.15, -0.1) is 0 Å². The minimum Gasteiger partial charge on any atom is -0.507 e. The molecule has 0 amide bonds. The van der Waals surface area contributed by atoms with E-state index in [1.54, 1.807) is 6.21 Å². The molecule has 0 bridgehead atoms. The van der Waals surface area contributed by atoms with Gasteiger partial charge in [-0.05, 0) is 36.1 Å². The minimum atomic E-state index is -0.0918. The lowest BCUT2D eigenvalue weighted by Crippen LogP contribution is -2.12. The molecule has 0 fully saturated rings. The number of para-hydroxylation sites is 1. The molecule has 2 heteroatoms. The van der Waals surface area contributed by atoms with E-state index in [0.717, 1.165) is 22.4 Å². The van der Waals surface area contributed by atoms with E-state index in [1.807, 2.05) is 49.4 Å². The zero-order valence-electron chi connectivity index (χ0n) is 12.5. The van der Waals surface area contributed by atoms with Gasteiger partial charge in [0.15, 0.2) is 0 Å². The number of benzene rings is 2. The second kappa shape index (κ2) is 5.49. The highest BCUT2D eigenvalue weighted by Gasteiger charge is 2.20. The van der Waals surface area contributed by atoms with Gasteiger partial charge >= 0.3 is 0 Å². The van der Waals surface area contributed by atoms with Crippen LogP contribution in [0.2, 0.25) is 0 Å². The Balaban J connectivity index is 2.43. The first-order valence-corrected chi connectivity index (χ1v) is 6.81. The predicted molar refractivity (Wildman–Crippen MR) is 85.2 cm³/mol. The molecule has 0 saturated heterocycles. The van der Waals surface area contributed by atoms with E-state index in [9.17, 15) is 5.11 Å². The normalized spacial score (nSPS) is 12.0. The molecule has 0 spiro atoms. The highest BCUT2D eigenvalue weighted by Crippen LogP contribution is 2.33. The second-order valence-electron chi connectivity index (χ2n) is 6.09. The number of rotatable bonds is 2. The Kier molecular flexibility index (Phi) is 3.93. The van der Waals surface area contributed by atoms with E-state index >= 15 is 0 Å². The third-order valence-electron chi connectivity index (χ3n) is 3.20.